The Kier molecular flexibility index (Phi) is 4.94. The number of carbonyl (C=O) groups excluding carboxylic acids is 1. The van der Waals surface area contributed by atoms with Crippen LogP contribution in [0.5, 0.6) is 0 Å². The summed E-state index contributed by atoms with van der Waals surface area (Å²) in [4.78, 5) is 11.9. The molecule has 0 aliphatic heterocycles. The molecule has 0 aliphatic carbocycles. The summed E-state index contributed by atoms with van der Waals surface area (Å²) in [6, 6.07) is 8.24. The van der Waals surface area contributed by atoms with Gasteiger partial charge in [0.1, 0.15) is 5.76 Å². The van der Waals surface area contributed by atoms with Crippen molar-refractivity contribution in [3.63, 3.8) is 0 Å². The van der Waals surface area contributed by atoms with Crippen LogP contribution in [0.4, 0.5) is 5.82 Å². The lowest BCUT2D eigenvalue weighted by Gasteiger charge is -2.08. The van der Waals surface area contributed by atoms with Crippen LogP contribution in [0.2, 0.25) is 0 Å². The monoisotopic (exact) mass is 323 g/mol. The van der Waals surface area contributed by atoms with Crippen LogP contribution >= 0.6 is 0 Å². The number of sulfonamides is 1. The molecule has 0 saturated heterocycles. The maximum atomic E-state index is 12.1. The van der Waals surface area contributed by atoms with Gasteiger partial charge in [-0.15, -0.1) is 0 Å². The van der Waals surface area contributed by atoms with Gasteiger partial charge < -0.3 is 9.84 Å². The third kappa shape index (κ3) is 4.15. The van der Waals surface area contributed by atoms with Crippen LogP contribution in [0.15, 0.2) is 39.8 Å². The minimum atomic E-state index is -3.62. The summed E-state index contributed by atoms with van der Waals surface area (Å²) in [6.07, 6.45) is -0.00296. The number of rotatable bonds is 6. The van der Waals surface area contributed by atoms with Gasteiger partial charge in [0.2, 0.25) is 15.9 Å². The second-order valence-corrected chi connectivity index (χ2v) is 6.52. The van der Waals surface area contributed by atoms with E-state index in [0.29, 0.717) is 17.1 Å². The van der Waals surface area contributed by atoms with Crippen LogP contribution in [0.25, 0.3) is 0 Å². The molecule has 2 aromatic rings. The highest BCUT2D eigenvalue weighted by molar-refractivity contribution is 7.89. The van der Waals surface area contributed by atoms with Crippen LogP contribution in [0.1, 0.15) is 17.7 Å². The van der Waals surface area contributed by atoms with Crippen molar-refractivity contribution in [2.75, 3.05) is 11.9 Å². The summed E-state index contributed by atoms with van der Waals surface area (Å²) in [5, 5.41) is 6.15. The molecule has 0 radical (unpaired) electrons. The number of nitrogens with one attached hydrogen (secondary N) is 2. The first kappa shape index (κ1) is 16.2. The van der Waals surface area contributed by atoms with Gasteiger partial charge in [0.15, 0.2) is 5.82 Å². The van der Waals surface area contributed by atoms with Crippen molar-refractivity contribution in [3.05, 3.63) is 41.7 Å². The number of hydrogen-bond acceptors (Lipinski definition) is 5. The van der Waals surface area contributed by atoms with Gasteiger partial charge in [-0.3, -0.25) is 4.79 Å². The first-order valence-corrected chi connectivity index (χ1v) is 8.15. The maximum Gasteiger partial charge on any atom is 0.240 e. The minimum Gasteiger partial charge on any atom is -0.360 e. The Morgan fingerprint density at radius 2 is 2.00 bits per heavy atom. The van der Waals surface area contributed by atoms with Gasteiger partial charge in [0, 0.05) is 19.0 Å². The molecule has 0 spiro atoms. The summed E-state index contributed by atoms with van der Waals surface area (Å²) < 4.78 is 31.5. The predicted octanol–water partition coefficient (Wildman–Crippen LogP) is 1.60. The summed E-state index contributed by atoms with van der Waals surface area (Å²) in [7, 11) is -3.62. The Balaban J connectivity index is 1.88. The van der Waals surface area contributed by atoms with E-state index >= 15 is 0 Å². The summed E-state index contributed by atoms with van der Waals surface area (Å²) in [5.74, 6) is 0.542. The zero-order chi connectivity index (χ0) is 16.2. The Bertz CT molecular complexity index is 768. The Labute approximate surface area is 128 Å². The molecule has 1 amide bonds. The molecule has 118 valence electrons. The van der Waals surface area contributed by atoms with E-state index in [9.17, 15) is 13.2 Å². The highest BCUT2D eigenvalue weighted by Crippen LogP contribution is 2.13. The highest BCUT2D eigenvalue weighted by Gasteiger charge is 2.16. The summed E-state index contributed by atoms with van der Waals surface area (Å²) in [5.41, 5.74) is 0.650. The third-order valence-electron chi connectivity index (χ3n) is 2.92. The fraction of sp³-hybridized carbons (Fsp3) is 0.286. The first-order chi connectivity index (χ1) is 10.4. The quantitative estimate of drug-likeness (QED) is 0.841. The van der Waals surface area contributed by atoms with Gasteiger partial charge in [-0.25, -0.2) is 13.1 Å². The number of aromatic nitrogens is 1. The number of carbonyl (C=O) groups is 1. The molecule has 0 atom stereocenters. The van der Waals surface area contributed by atoms with Crippen molar-refractivity contribution in [2.45, 2.75) is 25.2 Å². The van der Waals surface area contributed by atoms with Crippen molar-refractivity contribution in [3.8, 4) is 0 Å². The Morgan fingerprint density at radius 3 is 2.64 bits per heavy atom. The molecule has 0 aliphatic rings. The van der Waals surface area contributed by atoms with E-state index in [1.807, 2.05) is 0 Å². The lowest BCUT2D eigenvalue weighted by molar-refractivity contribution is -0.116. The molecular weight excluding hydrogens is 306 g/mol. The predicted molar refractivity (Wildman–Crippen MR) is 80.9 cm³/mol. The van der Waals surface area contributed by atoms with Gasteiger partial charge in [0.05, 0.1) is 4.90 Å². The molecular formula is C14H17N3O4S. The first-order valence-electron chi connectivity index (χ1n) is 6.67. The van der Waals surface area contributed by atoms with Crippen LogP contribution in [-0.4, -0.2) is 26.0 Å². The summed E-state index contributed by atoms with van der Waals surface area (Å²) >= 11 is 0. The molecule has 1 aromatic carbocycles. The van der Waals surface area contributed by atoms with E-state index < -0.39 is 10.0 Å². The molecule has 2 N–H and O–H groups in total. The van der Waals surface area contributed by atoms with Crippen molar-refractivity contribution in [2.24, 2.45) is 0 Å². The molecule has 22 heavy (non-hydrogen) atoms. The number of hydrogen-bond donors (Lipinski definition) is 2. The van der Waals surface area contributed by atoms with Crippen LogP contribution in [0.3, 0.4) is 0 Å². The fourth-order valence-electron chi connectivity index (χ4n) is 1.87. The lowest BCUT2D eigenvalue weighted by atomic mass is 10.2. The third-order valence-corrected chi connectivity index (χ3v) is 4.54. The number of aryl methyl sites for hydroxylation is 2. The zero-order valence-corrected chi connectivity index (χ0v) is 13.1. The van der Waals surface area contributed by atoms with E-state index in [0.717, 1.165) is 0 Å². The molecule has 1 heterocycles. The van der Waals surface area contributed by atoms with Crippen molar-refractivity contribution in [1.82, 2.24) is 9.88 Å². The molecule has 7 nitrogen and oxygen atoms in total. The highest BCUT2D eigenvalue weighted by atomic mass is 32.2. The van der Waals surface area contributed by atoms with Crippen LogP contribution in [0, 0.1) is 13.8 Å². The molecule has 0 saturated carbocycles. The molecule has 0 fully saturated rings. The number of amides is 1. The standard InChI is InChI=1S/C14H17N3O4S/c1-10-5-3-4-6-12(10)22(19,20)15-8-7-14(18)16-13-9-11(2)21-17-13/h3-6,9,15H,7-8H2,1-2H3,(H,16,17,18). The number of anilines is 1. The fourth-order valence-corrected chi connectivity index (χ4v) is 3.14. The number of nitrogens with zero attached hydrogens (tertiary/aromatic N) is 1. The van der Waals surface area contributed by atoms with Crippen molar-refractivity contribution >= 4 is 21.7 Å². The van der Waals surface area contributed by atoms with Gasteiger partial charge in [-0.05, 0) is 25.5 Å². The molecule has 2 rings (SSSR count). The Hall–Kier alpha value is -2.19. The maximum absolute atomic E-state index is 12.1. The topological polar surface area (TPSA) is 101 Å². The van der Waals surface area contributed by atoms with Gasteiger partial charge in [-0.2, -0.15) is 0 Å². The molecule has 1 aromatic heterocycles. The second-order valence-electron chi connectivity index (χ2n) is 4.78. The normalized spacial score (nSPS) is 11.4. The van der Waals surface area contributed by atoms with Crippen LogP contribution in [-0.2, 0) is 14.8 Å². The number of benzene rings is 1. The van der Waals surface area contributed by atoms with E-state index in [1.54, 1.807) is 38.1 Å². The van der Waals surface area contributed by atoms with E-state index in [4.69, 9.17) is 4.52 Å². The minimum absolute atomic E-state index is 0.000660. The molecule has 0 bridgehead atoms. The Morgan fingerprint density at radius 1 is 1.27 bits per heavy atom. The van der Waals surface area contributed by atoms with Crippen LogP contribution < -0.4 is 10.0 Å². The lowest BCUT2D eigenvalue weighted by Crippen LogP contribution is -2.28. The average Bonchev–Trinajstić information content (AvgIpc) is 2.84. The van der Waals surface area contributed by atoms with E-state index in [1.165, 1.54) is 6.07 Å². The SMILES string of the molecule is Cc1cc(NC(=O)CCNS(=O)(=O)c2ccccc2C)no1. The average molecular weight is 323 g/mol. The van der Waals surface area contributed by atoms with Gasteiger partial charge in [-0.1, -0.05) is 23.4 Å². The zero-order valence-electron chi connectivity index (χ0n) is 12.3. The molecule has 8 heteroatoms. The van der Waals surface area contributed by atoms with E-state index in [-0.39, 0.29) is 23.8 Å². The largest absolute Gasteiger partial charge is 0.360 e. The second kappa shape index (κ2) is 6.71. The van der Waals surface area contributed by atoms with E-state index in [2.05, 4.69) is 15.2 Å². The molecule has 0 unspecified atom stereocenters. The van der Waals surface area contributed by atoms with Crippen molar-refractivity contribution < 1.29 is 17.7 Å². The van der Waals surface area contributed by atoms with Crippen molar-refractivity contribution in [1.29, 1.82) is 0 Å². The summed E-state index contributed by atoms with van der Waals surface area (Å²) in [6.45, 7) is 3.42. The van der Waals surface area contributed by atoms with Gasteiger partial charge >= 0.3 is 0 Å². The smallest absolute Gasteiger partial charge is 0.240 e. The van der Waals surface area contributed by atoms with Gasteiger partial charge in [0.25, 0.3) is 0 Å².